The minimum Gasteiger partial charge on any atom is -0.292 e. The SMILES string of the molecule is CNNC(=O)CCc1cc(Br)ccc1F. The Balaban J connectivity index is 2.57. The molecular formula is C10H12BrFN2O. The monoisotopic (exact) mass is 274 g/mol. The maximum atomic E-state index is 13.2. The Hall–Kier alpha value is -0.940. The Morgan fingerprint density at radius 1 is 1.53 bits per heavy atom. The van der Waals surface area contributed by atoms with Gasteiger partial charge in [0, 0.05) is 17.9 Å². The summed E-state index contributed by atoms with van der Waals surface area (Å²) in [5, 5.41) is 0. The Labute approximate surface area is 96.2 Å². The number of carbonyl (C=O) groups is 1. The lowest BCUT2D eigenvalue weighted by Gasteiger charge is -2.04. The number of benzene rings is 1. The molecule has 0 fully saturated rings. The van der Waals surface area contributed by atoms with Crippen LogP contribution in [-0.2, 0) is 11.2 Å². The highest BCUT2D eigenvalue weighted by Crippen LogP contribution is 2.16. The van der Waals surface area contributed by atoms with Crippen LogP contribution in [0.3, 0.4) is 0 Å². The molecule has 5 heteroatoms. The van der Waals surface area contributed by atoms with Crippen LogP contribution in [0.2, 0.25) is 0 Å². The quantitative estimate of drug-likeness (QED) is 0.822. The molecule has 0 radical (unpaired) electrons. The minimum absolute atomic E-state index is 0.156. The van der Waals surface area contributed by atoms with Gasteiger partial charge >= 0.3 is 0 Å². The fourth-order valence-corrected chi connectivity index (χ4v) is 1.59. The lowest BCUT2D eigenvalue weighted by Crippen LogP contribution is -2.34. The average molecular weight is 275 g/mol. The first-order valence-electron chi connectivity index (χ1n) is 4.53. The number of amides is 1. The Kier molecular flexibility index (Phi) is 4.71. The highest BCUT2D eigenvalue weighted by molar-refractivity contribution is 9.10. The summed E-state index contributed by atoms with van der Waals surface area (Å²) in [6, 6.07) is 4.70. The highest BCUT2D eigenvalue weighted by Gasteiger charge is 2.05. The molecule has 1 aromatic carbocycles. The summed E-state index contributed by atoms with van der Waals surface area (Å²) in [7, 11) is 1.61. The first-order valence-corrected chi connectivity index (χ1v) is 5.32. The topological polar surface area (TPSA) is 41.1 Å². The van der Waals surface area contributed by atoms with Crippen molar-refractivity contribution in [2.24, 2.45) is 0 Å². The van der Waals surface area contributed by atoms with E-state index < -0.39 is 0 Å². The van der Waals surface area contributed by atoms with Gasteiger partial charge in [0.15, 0.2) is 0 Å². The van der Waals surface area contributed by atoms with Gasteiger partial charge in [0.1, 0.15) is 5.82 Å². The van der Waals surface area contributed by atoms with Crippen LogP contribution in [0.5, 0.6) is 0 Å². The first-order chi connectivity index (χ1) is 7.13. The molecule has 0 unspecified atom stereocenters. The smallest absolute Gasteiger partial charge is 0.234 e. The molecule has 82 valence electrons. The molecule has 1 aromatic rings. The van der Waals surface area contributed by atoms with Gasteiger partial charge in [-0.1, -0.05) is 15.9 Å². The van der Waals surface area contributed by atoms with E-state index >= 15 is 0 Å². The van der Waals surface area contributed by atoms with Crippen molar-refractivity contribution in [1.29, 1.82) is 0 Å². The number of rotatable bonds is 4. The van der Waals surface area contributed by atoms with E-state index in [0.29, 0.717) is 12.0 Å². The van der Waals surface area contributed by atoms with E-state index in [1.54, 1.807) is 19.2 Å². The van der Waals surface area contributed by atoms with Gasteiger partial charge in [-0.15, -0.1) is 0 Å². The van der Waals surface area contributed by atoms with Gasteiger partial charge in [0.05, 0.1) is 0 Å². The summed E-state index contributed by atoms with van der Waals surface area (Å²) < 4.78 is 14.1. The van der Waals surface area contributed by atoms with E-state index in [9.17, 15) is 9.18 Å². The highest BCUT2D eigenvalue weighted by atomic mass is 79.9. The van der Waals surface area contributed by atoms with Gasteiger partial charge in [-0.2, -0.15) is 0 Å². The standard InChI is InChI=1S/C10H12BrFN2O/c1-13-14-10(15)5-2-7-6-8(11)3-4-9(7)12/h3-4,6,13H,2,5H2,1H3,(H,14,15). The van der Waals surface area contributed by atoms with Crippen molar-refractivity contribution in [3.8, 4) is 0 Å². The first kappa shape index (κ1) is 12.1. The normalized spacial score (nSPS) is 10.1. The second-order valence-electron chi connectivity index (χ2n) is 3.03. The molecule has 0 saturated carbocycles. The molecule has 0 heterocycles. The van der Waals surface area contributed by atoms with E-state index in [1.165, 1.54) is 6.07 Å². The van der Waals surface area contributed by atoms with Crippen LogP contribution in [-0.4, -0.2) is 13.0 Å². The van der Waals surface area contributed by atoms with Gasteiger partial charge < -0.3 is 0 Å². The molecule has 0 bridgehead atoms. The molecule has 15 heavy (non-hydrogen) atoms. The predicted molar refractivity (Wildman–Crippen MR) is 59.6 cm³/mol. The molecule has 0 aliphatic rings. The Morgan fingerprint density at radius 3 is 2.93 bits per heavy atom. The zero-order valence-electron chi connectivity index (χ0n) is 8.31. The van der Waals surface area contributed by atoms with Crippen LogP contribution in [0.25, 0.3) is 0 Å². The Bertz CT molecular complexity index is 357. The number of hydrogen-bond donors (Lipinski definition) is 2. The fourth-order valence-electron chi connectivity index (χ4n) is 1.19. The summed E-state index contributed by atoms with van der Waals surface area (Å²) in [4.78, 5) is 11.1. The summed E-state index contributed by atoms with van der Waals surface area (Å²) >= 11 is 3.25. The van der Waals surface area contributed by atoms with Crippen molar-refractivity contribution < 1.29 is 9.18 Å². The molecule has 0 aliphatic heterocycles. The second kappa shape index (κ2) is 5.82. The van der Waals surface area contributed by atoms with E-state index in [0.717, 1.165) is 4.47 Å². The summed E-state index contributed by atoms with van der Waals surface area (Å²) in [5.41, 5.74) is 5.49. The van der Waals surface area contributed by atoms with E-state index in [4.69, 9.17) is 0 Å². The predicted octanol–water partition coefficient (Wildman–Crippen LogP) is 1.77. The number of carbonyl (C=O) groups excluding carboxylic acids is 1. The van der Waals surface area contributed by atoms with Crippen molar-refractivity contribution in [2.75, 3.05) is 7.05 Å². The maximum absolute atomic E-state index is 13.2. The summed E-state index contributed by atoms with van der Waals surface area (Å²) in [5.74, 6) is -0.438. The van der Waals surface area contributed by atoms with Gasteiger partial charge in [0.2, 0.25) is 5.91 Å². The maximum Gasteiger partial charge on any atom is 0.234 e. The van der Waals surface area contributed by atoms with Gasteiger partial charge in [0.25, 0.3) is 0 Å². The van der Waals surface area contributed by atoms with Crippen LogP contribution in [0.4, 0.5) is 4.39 Å². The largest absolute Gasteiger partial charge is 0.292 e. The number of nitrogens with one attached hydrogen (secondary N) is 2. The number of aryl methyl sites for hydroxylation is 1. The molecule has 0 aliphatic carbocycles. The summed E-state index contributed by atoms with van der Waals surface area (Å²) in [6.07, 6.45) is 0.646. The molecule has 1 amide bonds. The molecule has 0 atom stereocenters. The molecule has 0 saturated heterocycles. The molecule has 3 nitrogen and oxygen atoms in total. The number of hydrogen-bond acceptors (Lipinski definition) is 2. The van der Waals surface area contributed by atoms with Crippen molar-refractivity contribution in [3.63, 3.8) is 0 Å². The van der Waals surface area contributed by atoms with Crippen LogP contribution < -0.4 is 10.9 Å². The second-order valence-corrected chi connectivity index (χ2v) is 3.95. The van der Waals surface area contributed by atoms with E-state index in [1.807, 2.05) is 0 Å². The minimum atomic E-state index is -0.282. The van der Waals surface area contributed by atoms with Crippen LogP contribution in [0, 0.1) is 5.82 Å². The van der Waals surface area contributed by atoms with Crippen LogP contribution in [0.1, 0.15) is 12.0 Å². The molecular weight excluding hydrogens is 263 g/mol. The number of hydrazine groups is 1. The molecule has 0 spiro atoms. The van der Waals surface area contributed by atoms with Crippen molar-refractivity contribution in [1.82, 2.24) is 10.9 Å². The number of halogens is 2. The van der Waals surface area contributed by atoms with E-state index in [-0.39, 0.29) is 18.1 Å². The molecule has 2 N–H and O–H groups in total. The van der Waals surface area contributed by atoms with Crippen molar-refractivity contribution in [2.45, 2.75) is 12.8 Å². The van der Waals surface area contributed by atoms with Gasteiger partial charge in [-0.25, -0.2) is 9.82 Å². The van der Waals surface area contributed by atoms with Crippen LogP contribution in [0.15, 0.2) is 22.7 Å². The third-order valence-electron chi connectivity index (χ3n) is 1.89. The third-order valence-corrected chi connectivity index (χ3v) is 2.39. The zero-order chi connectivity index (χ0) is 11.3. The van der Waals surface area contributed by atoms with E-state index in [2.05, 4.69) is 26.8 Å². The fraction of sp³-hybridized carbons (Fsp3) is 0.300. The van der Waals surface area contributed by atoms with Crippen molar-refractivity contribution >= 4 is 21.8 Å². The molecule has 0 aromatic heterocycles. The summed E-state index contributed by atoms with van der Waals surface area (Å²) in [6.45, 7) is 0. The lowest BCUT2D eigenvalue weighted by molar-refractivity contribution is -0.121. The van der Waals surface area contributed by atoms with Gasteiger partial charge in [-0.05, 0) is 30.2 Å². The third kappa shape index (κ3) is 3.97. The Morgan fingerprint density at radius 2 is 2.27 bits per heavy atom. The van der Waals surface area contributed by atoms with Crippen molar-refractivity contribution in [3.05, 3.63) is 34.1 Å². The lowest BCUT2D eigenvalue weighted by atomic mass is 10.1. The van der Waals surface area contributed by atoms with Gasteiger partial charge in [-0.3, -0.25) is 10.2 Å². The average Bonchev–Trinajstić information content (AvgIpc) is 2.20. The molecule has 1 rings (SSSR count). The zero-order valence-corrected chi connectivity index (χ0v) is 9.90. The van der Waals surface area contributed by atoms with Crippen LogP contribution >= 0.6 is 15.9 Å².